The maximum absolute atomic E-state index is 12.0. The number of amides is 2. The first kappa shape index (κ1) is 18.3. The van der Waals surface area contributed by atoms with E-state index >= 15 is 0 Å². The van der Waals surface area contributed by atoms with Crippen molar-refractivity contribution in [1.29, 1.82) is 0 Å². The second-order valence-corrected chi connectivity index (χ2v) is 5.94. The smallest absolute Gasteiger partial charge is 0.272 e. The first-order valence-electron chi connectivity index (χ1n) is 7.14. The summed E-state index contributed by atoms with van der Waals surface area (Å²) in [7, 11) is 0. The lowest BCUT2D eigenvalue weighted by molar-refractivity contribution is -0.385. The number of benzene rings is 1. The van der Waals surface area contributed by atoms with Gasteiger partial charge < -0.3 is 0 Å². The van der Waals surface area contributed by atoms with Crippen molar-refractivity contribution < 1.29 is 14.5 Å². The van der Waals surface area contributed by atoms with Crippen molar-refractivity contribution in [3.05, 3.63) is 57.4 Å². The summed E-state index contributed by atoms with van der Waals surface area (Å²) in [6.45, 7) is 3.65. The SMILES string of the molecule is Cc1cc(C)nc(SCC(=O)NNC(=O)c2ccccc2[N+](=O)[O-])n1. The quantitative estimate of drug-likeness (QED) is 0.358. The van der Waals surface area contributed by atoms with Gasteiger partial charge in [0.05, 0.1) is 10.7 Å². The average Bonchev–Trinajstić information content (AvgIpc) is 2.57. The summed E-state index contributed by atoms with van der Waals surface area (Å²) in [6.07, 6.45) is 0. The van der Waals surface area contributed by atoms with Crippen molar-refractivity contribution in [3.8, 4) is 0 Å². The van der Waals surface area contributed by atoms with Crippen LogP contribution < -0.4 is 10.9 Å². The van der Waals surface area contributed by atoms with Crippen molar-refractivity contribution in [2.75, 3.05) is 5.75 Å². The highest BCUT2D eigenvalue weighted by Gasteiger charge is 2.19. The zero-order chi connectivity index (χ0) is 18.4. The Balaban J connectivity index is 1.89. The molecule has 2 aromatic rings. The number of aryl methyl sites for hydroxylation is 2. The van der Waals surface area contributed by atoms with Gasteiger partial charge >= 0.3 is 0 Å². The third kappa shape index (κ3) is 5.24. The molecule has 0 unspecified atom stereocenters. The largest absolute Gasteiger partial charge is 0.282 e. The topological polar surface area (TPSA) is 127 Å². The van der Waals surface area contributed by atoms with Crippen LogP contribution in [0.3, 0.4) is 0 Å². The van der Waals surface area contributed by atoms with E-state index in [-0.39, 0.29) is 17.0 Å². The van der Waals surface area contributed by atoms with E-state index in [9.17, 15) is 19.7 Å². The third-order valence-electron chi connectivity index (χ3n) is 2.95. The molecule has 0 saturated heterocycles. The van der Waals surface area contributed by atoms with E-state index in [0.717, 1.165) is 23.1 Å². The molecule has 1 aromatic carbocycles. The molecule has 0 aliphatic heterocycles. The molecule has 25 heavy (non-hydrogen) atoms. The molecular weight excluding hydrogens is 346 g/mol. The fourth-order valence-corrected chi connectivity index (χ4v) is 2.69. The van der Waals surface area contributed by atoms with Crippen LogP contribution in [0.5, 0.6) is 0 Å². The molecule has 2 rings (SSSR count). The first-order valence-corrected chi connectivity index (χ1v) is 8.13. The number of nitro benzene ring substituents is 1. The maximum Gasteiger partial charge on any atom is 0.282 e. The average molecular weight is 361 g/mol. The lowest BCUT2D eigenvalue weighted by Gasteiger charge is -2.07. The van der Waals surface area contributed by atoms with Crippen molar-refractivity contribution in [2.24, 2.45) is 0 Å². The van der Waals surface area contributed by atoms with Crippen LogP contribution in [0, 0.1) is 24.0 Å². The van der Waals surface area contributed by atoms with Gasteiger partial charge in [-0.3, -0.25) is 30.6 Å². The minimum atomic E-state index is -0.770. The van der Waals surface area contributed by atoms with Gasteiger partial charge in [-0.15, -0.1) is 0 Å². The van der Waals surface area contributed by atoms with Gasteiger partial charge in [-0.2, -0.15) is 0 Å². The van der Waals surface area contributed by atoms with E-state index in [1.165, 1.54) is 24.3 Å². The second-order valence-electron chi connectivity index (χ2n) is 5.00. The summed E-state index contributed by atoms with van der Waals surface area (Å²) < 4.78 is 0. The lowest BCUT2D eigenvalue weighted by Crippen LogP contribution is -2.42. The Hall–Kier alpha value is -3.01. The van der Waals surface area contributed by atoms with E-state index < -0.39 is 16.7 Å². The molecular formula is C15H15N5O4S. The van der Waals surface area contributed by atoms with Crippen molar-refractivity contribution in [3.63, 3.8) is 0 Å². The first-order chi connectivity index (χ1) is 11.9. The predicted molar refractivity (Wildman–Crippen MR) is 90.9 cm³/mol. The highest BCUT2D eigenvalue weighted by atomic mass is 32.2. The molecule has 10 heteroatoms. The van der Waals surface area contributed by atoms with Crippen LogP contribution in [0.2, 0.25) is 0 Å². The molecule has 0 spiro atoms. The highest BCUT2D eigenvalue weighted by Crippen LogP contribution is 2.17. The highest BCUT2D eigenvalue weighted by molar-refractivity contribution is 7.99. The number of thioether (sulfide) groups is 1. The van der Waals surface area contributed by atoms with Gasteiger partial charge in [0.25, 0.3) is 11.6 Å². The molecule has 0 saturated carbocycles. The van der Waals surface area contributed by atoms with Crippen LogP contribution in [-0.2, 0) is 4.79 Å². The van der Waals surface area contributed by atoms with Gasteiger partial charge in [-0.25, -0.2) is 9.97 Å². The zero-order valence-corrected chi connectivity index (χ0v) is 14.3. The molecule has 2 amide bonds. The van der Waals surface area contributed by atoms with Gasteiger partial charge in [0.2, 0.25) is 5.91 Å². The Morgan fingerprint density at radius 2 is 1.80 bits per heavy atom. The molecule has 1 aromatic heterocycles. The maximum atomic E-state index is 12.0. The Morgan fingerprint density at radius 3 is 2.44 bits per heavy atom. The van der Waals surface area contributed by atoms with E-state index in [1.807, 2.05) is 19.9 Å². The Bertz CT molecular complexity index is 807. The van der Waals surface area contributed by atoms with E-state index in [2.05, 4.69) is 20.8 Å². The van der Waals surface area contributed by atoms with Crippen LogP contribution in [0.25, 0.3) is 0 Å². The normalized spacial score (nSPS) is 10.2. The van der Waals surface area contributed by atoms with E-state index in [4.69, 9.17) is 0 Å². The van der Waals surface area contributed by atoms with Crippen molar-refractivity contribution >= 4 is 29.3 Å². The summed E-state index contributed by atoms with van der Waals surface area (Å²) in [5, 5.41) is 11.4. The number of carbonyl (C=O) groups excluding carboxylic acids is 2. The number of hydrogen-bond donors (Lipinski definition) is 2. The molecule has 0 radical (unpaired) electrons. The van der Waals surface area contributed by atoms with Crippen LogP contribution in [0.1, 0.15) is 21.7 Å². The number of hydrogen-bond acceptors (Lipinski definition) is 7. The molecule has 1 heterocycles. The number of hydrazine groups is 1. The molecule has 0 bridgehead atoms. The predicted octanol–water partition coefficient (Wildman–Crippen LogP) is 1.55. The second kappa shape index (κ2) is 8.20. The number of nitrogens with zero attached hydrogens (tertiary/aromatic N) is 3. The summed E-state index contributed by atoms with van der Waals surface area (Å²) in [5.41, 5.74) is 5.47. The van der Waals surface area contributed by atoms with Crippen molar-refractivity contribution in [1.82, 2.24) is 20.8 Å². The minimum absolute atomic E-state index is 0.0138. The molecule has 0 aliphatic rings. The third-order valence-corrected chi connectivity index (χ3v) is 3.80. The van der Waals surface area contributed by atoms with E-state index in [0.29, 0.717) is 5.16 Å². The summed E-state index contributed by atoms with van der Waals surface area (Å²) in [4.78, 5) is 42.4. The van der Waals surface area contributed by atoms with Crippen LogP contribution in [0.4, 0.5) is 5.69 Å². The van der Waals surface area contributed by atoms with Gasteiger partial charge in [0.1, 0.15) is 5.56 Å². The van der Waals surface area contributed by atoms with Gasteiger partial charge in [0.15, 0.2) is 5.16 Å². The van der Waals surface area contributed by atoms with Crippen molar-refractivity contribution in [2.45, 2.75) is 19.0 Å². The van der Waals surface area contributed by atoms with Gasteiger partial charge in [-0.05, 0) is 26.0 Å². The fourth-order valence-electron chi connectivity index (χ4n) is 1.94. The molecule has 130 valence electrons. The summed E-state index contributed by atoms with van der Waals surface area (Å²) in [5.74, 6) is -1.27. The lowest BCUT2D eigenvalue weighted by atomic mass is 10.2. The zero-order valence-electron chi connectivity index (χ0n) is 13.5. The number of rotatable bonds is 5. The Kier molecular flexibility index (Phi) is 6.01. The number of nitrogens with one attached hydrogen (secondary N) is 2. The Morgan fingerprint density at radius 1 is 1.16 bits per heavy atom. The summed E-state index contributed by atoms with van der Waals surface area (Å²) >= 11 is 1.12. The summed E-state index contributed by atoms with van der Waals surface area (Å²) in [6, 6.07) is 7.28. The van der Waals surface area contributed by atoms with Crippen LogP contribution in [0.15, 0.2) is 35.5 Å². The molecule has 0 aliphatic carbocycles. The molecule has 9 nitrogen and oxygen atoms in total. The standard InChI is InChI=1S/C15H15N5O4S/c1-9-7-10(2)17-15(16-9)25-8-13(21)18-19-14(22)11-5-3-4-6-12(11)20(23)24/h3-7H,8H2,1-2H3,(H,18,21)(H,19,22). The van der Waals surface area contributed by atoms with Gasteiger partial charge in [-0.1, -0.05) is 23.9 Å². The number of nitro groups is 1. The number of aromatic nitrogens is 2. The fraction of sp³-hybridized carbons (Fsp3) is 0.200. The number of para-hydroxylation sites is 1. The molecule has 0 atom stereocenters. The van der Waals surface area contributed by atoms with E-state index in [1.54, 1.807) is 0 Å². The monoisotopic (exact) mass is 361 g/mol. The minimum Gasteiger partial charge on any atom is -0.272 e. The molecule has 2 N–H and O–H groups in total. The van der Waals surface area contributed by atoms with Crippen LogP contribution >= 0.6 is 11.8 Å². The van der Waals surface area contributed by atoms with Crippen LogP contribution in [-0.4, -0.2) is 32.5 Å². The Labute approximate surface area is 147 Å². The molecule has 0 fully saturated rings. The van der Waals surface area contributed by atoms with Gasteiger partial charge in [0, 0.05) is 17.5 Å². The number of carbonyl (C=O) groups is 2.